The number of likely N-dealkylation sites (tertiary alicyclic amines) is 2. The number of rotatable bonds is 8. The first-order valence-corrected chi connectivity index (χ1v) is 14.8. The molecule has 0 saturated carbocycles. The number of ether oxygens (including phenoxy) is 2. The number of piperidine rings is 1. The molecule has 4 heterocycles. The number of amides is 1. The summed E-state index contributed by atoms with van der Waals surface area (Å²) >= 11 is 0. The van der Waals surface area contributed by atoms with E-state index in [-0.39, 0.29) is 24.3 Å². The van der Waals surface area contributed by atoms with Gasteiger partial charge in [-0.3, -0.25) is 9.69 Å². The van der Waals surface area contributed by atoms with Crippen LogP contribution in [0.4, 0.5) is 20.4 Å². The molecule has 3 fully saturated rings. The Morgan fingerprint density at radius 1 is 1.18 bits per heavy atom. The number of aliphatic hydroxyl groups excluding tert-OH is 1. The largest absolute Gasteiger partial charge is 0.483 e. The van der Waals surface area contributed by atoms with Gasteiger partial charge in [-0.05, 0) is 67.8 Å². The summed E-state index contributed by atoms with van der Waals surface area (Å²) in [5.41, 5.74) is 3.37. The first-order chi connectivity index (χ1) is 21.2. The highest BCUT2D eigenvalue weighted by atomic mass is 19.3. The van der Waals surface area contributed by atoms with Crippen LogP contribution in [0.3, 0.4) is 0 Å². The highest BCUT2D eigenvalue weighted by molar-refractivity contribution is 5.80. The Morgan fingerprint density at radius 2 is 1.98 bits per heavy atom. The molecule has 2 N–H and O–H groups in total. The standard InChI is InChI=1S/C32H34F2N6O4/c1-20(41)30(42)40-13-10-29(32(33,34)19-40)44-28-7-4-22(14-24(28)15-35)27-8-11-36-31(38-27)37-25-5-2-21(3-6-25)23-9-12-39(16-23)26-17-43-18-26/h2-8,11,14,20,23,26,29,41H,9-10,12-13,16-19H2,1H3,(H,36,37,38). The molecule has 10 nitrogen and oxygen atoms in total. The summed E-state index contributed by atoms with van der Waals surface area (Å²) in [5, 5.41) is 22.5. The van der Waals surface area contributed by atoms with Crippen molar-refractivity contribution in [3.63, 3.8) is 0 Å². The van der Waals surface area contributed by atoms with E-state index in [1.165, 1.54) is 18.6 Å². The van der Waals surface area contributed by atoms with E-state index in [9.17, 15) is 23.9 Å². The van der Waals surface area contributed by atoms with Crippen LogP contribution in [0, 0.1) is 11.3 Å². The van der Waals surface area contributed by atoms with Gasteiger partial charge in [-0.1, -0.05) is 12.1 Å². The van der Waals surface area contributed by atoms with Crippen molar-refractivity contribution >= 4 is 17.5 Å². The van der Waals surface area contributed by atoms with Crippen molar-refractivity contribution in [2.45, 2.75) is 49.9 Å². The Hall–Kier alpha value is -4.18. The maximum Gasteiger partial charge on any atom is 0.301 e. The second kappa shape index (κ2) is 12.4. The molecule has 44 heavy (non-hydrogen) atoms. The van der Waals surface area contributed by atoms with E-state index in [4.69, 9.17) is 9.47 Å². The van der Waals surface area contributed by atoms with Gasteiger partial charge in [0.15, 0.2) is 6.10 Å². The molecule has 2 aromatic carbocycles. The Bertz CT molecular complexity index is 1540. The average Bonchev–Trinajstić information content (AvgIpc) is 3.46. The summed E-state index contributed by atoms with van der Waals surface area (Å²) in [6.07, 6.45) is -0.287. The average molecular weight is 605 g/mol. The maximum atomic E-state index is 14.9. The molecule has 3 saturated heterocycles. The molecular formula is C32H34F2N6O4. The zero-order valence-electron chi connectivity index (χ0n) is 24.3. The summed E-state index contributed by atoms with van der Waals surface area (Å²) in [7, 11) is 0. The van der Waals surface area contributed by atoms with Gasteiger partial charge >= 0.3 is 5.92 Å². The van der Waals surface area contributed by atoms with Gasteiger partial charge in [0.1, 0.15) is 17.9 Å². The predicted octanol–water partition coefficient (Wildman–Crippen LogP) is 3.94. The molecule has 3 atom stereocenters. The van der Waals surface area contributed by atoms with Crippen molar-refractivity contribution in [3.8, 4) is 23.1 Å². The van der Waals surface area contributed by atoms with Crippen LogP contribution in [0.25, 0.3) is 11.3 Å². The lowest BCUT2D eigenvalue weighted by atomic mass is 9.98. The van der Waals surface area contributed by atoms with Crippen molar-refractivity contribution in [2.24, 2.45) is 0 Å². The van der Waals surface area contributed by atoms with E-state index in [1.54, 1.807) is 24.4 Å². The number of halogens is 2. The van der Waals surface area contributed by atoms with Crippen molar-refractivity contribution in [3.05, 3.63) is 65.9 Å². The fourth-order valence-corrected chi connectivity index (χ4v) is 5.92. The molecule has 0 spiro atoms. The third-order valence-corrected chi connectivity index (χ3v) is 8.52. The van der Waals surface area contributed by atoms with Gasteiger partial charge in [-0.25, -0.2) is 18.7 Å². The Balaban J connectivity index is 1.10. The summed E-state index contributed by atoms with van der Waals surface area (Å²) in [5.74, 6) is -3.21. The number of nitriles is 1. The minimum atomic E-state index is -3.36. The molecule has 1 aromatic heterocycles. The van der Waals surface area contributed by atoms with Crippen LogP contribution in [0.1, 0.15) is 36.8 Å². The van der Waals surface area contributed by atoms with Gasteiger partial charge in [0.2, 0.25) is 5.95 Å². The number of carbonyl (C=O) groups is 1. The van der Waals surface area contributed by atoms with E-state index >= 15 is 0 Å². The number of benzene rings is 2. The van der Waals surface area contributed by atoms with Crippen LogP contribution in [0.2, 0.25) is 0 Å². The SMILES string of the molecule is CC(O)C(=O)N1CCC(Oc2ccc(-c3ccnc(Nc4ccc(C5CCN(C6COC6)C5)cc4)n3)cc2C#N)C(F)(F)C1. The summed E-state index contributed by atoms with van der Waals surface area (Å²) < 4.78 is 40.7. The Morgan fingerprint density at radius 3 is 2.66 bits per heavy atom. The molecule has 3 unspecified atom stereocenters. The lowest BCUT2D eigenvalue weighted by Gasteiger charge is -2.38. The Kier molecular flexibility index (Phi) is 8.44. The third kappa shape index (κ3) is 6.36. The first kappa shape index (κ1) is 29.9. The molecule has 3 aliphatic rings. The lowest BCUT2D eigenvalue weighted by molar-refractivity contribution is -0.165. The minimum Gasteiger partial charge on any atom is -0.483 e. The van der Waals surface area contributed by atoms with Gasteiger partial charge in [0.25, 0.3) is 5.91 Å². The zero-order valence-corrected chi connectivity index (χ0v) is 24.3. The molecule has 3 aliphatic heterocycles. The molecule has 1 amide bonds. The maximum absolute atomic E-state index is 14.9. The smallest absolute Gasteiger partial charge is 0.301 e. The topological polar surface area (TPSA) is 124 Å². The summed E-state index contributed by atoms with van der Waals surface area (Å²) in [6.45, 7) is 4.20. The molecule has 0 radical (unpaired) electrons. The number of hydrogen-bond donors (Lipinski definition) is 2. The van der Waals surface area contributed by atoms with Crippen LogP contribution < -0.4 is 10.1 Å². The van der Waals surface area contributed by atoms with Crippen LogP contribution in [-0.4, -0.2) is 94.3 Å². The molecule has 12 heteroatoms. The van der Waals surface area contributed by atoms with Crippen LogP contribution in [0.5, 0.6) is 5.75 Å². The summed E-state index contributed by atoms with van der Waals surface area (Å²) in [6, 6.07) is 17.3. The van der Waals surface area contributed by atoms with Gasteiger partial charge in [-0.2, -0.15) is 5.26 Å². The number of alkyl halides is 2. The lowest BCUT2D eigenvalue weighted by Crippen LogP contribution is -2.56. The van der Waals surface area contributed by atoms with Crippen molar-refractivity contribution in [1.29, 1.82) is 5.26 Å². The molecule has 0 aliphatic carbocycles. The highest BCUT2D eigenvalue weighted by Gasteiger charge is 2.48. The fraction of sp³-hybridized carbons (Fsp3) is 0.438. The normalized spacial score (nSPS) is 22.6. The molecule has 6 rings (SSSR count). The highest BCUT2D eigenvalue weighted by Crippen LogP contribution is 2.34. The number of anilines is 2. The van der Waals surface area contributed by atoms with Crippen LogP contribution >= 0.6 is 0 Å². The fourth-order valence-electron chi connectivity index (χ4n) is 5.92. The number of carbonyl (C=O) groups excluding carboxylic acids is 1. The van der Waals surface area contributed by atoms with Gasteiger partial charge in [-0.15, -0.1) is 0 Å². The predicted molar refractivity (Wildman–Crippen MR) is 158 cm³/mol. The van der Waals surface area contributed by atoms with E-state index in [2.05, 4.69) is 32.3 Å². The van der Waals surface area contributed by atoms with Crippen LogP contribution in [0.15, 0.2) is 54.7 Å². The van der Waals surface area contributed by atoms with E-state index < -0.39 is 30.6 Å². The molecule has 0 bridgehead atoms. The van der Waals surface area contributed by atoms with E-state index in [0.29, 0.717) is 29.2 Å². The van der Waals surface area contributed by atoms with E-state index in [1.807, 2.05) is 18.2 Å². The van der Waals surface area contributed by atoms with Crippen molar-refractivity contribution < 1.29 is 28.2 Å². The van der Waals surface area contributed by atoms with Gasteiger partial charge in [0.05, 0.1) is 37.1 Å². The number of aromatic nitrogens is 2. The third-order valence-electron chi connectivity index (χ3n) is 8.52. The molecule has 230 valence electrons. The van der Waals surface area contributed by atoms with Crippen molar-refractivity contribution in [2.75, 3.05) is 44.7 Å². The number of nitrogens with zero attached hydrogens (tertiary/aromatic N) is 5. The van der Waals surface area contributed by atoms with E-state index in [0.717, 1.165) is 43.3 Å². The van der Waals surface area contributed by atoms with Crippen LogP contribution in [-0.2, 0) is 9.53 Å². The molecule has 3 aromatic rings. The quantitative estimate of drug-likeness (QED) is 0.394. The van der Waals surface area contributed by atoms with Gasteiger partial charge in [0, 0.05) is 37.0 Å². The zero-order chi connectivity index (χ0) is 30.8. The first-order valence-electron chi connectivity index (χ1n) is 14.8. The number of aliphatic hydroxyl groups is 1. The Labute approximate surface area is 254 Å². The van der Waals surface area contributed by atoms with Gasteiger partial charge < -0.3 is 24.8 Å². The van der Waals surface area contributed by atoms with Crippen molar-refractivity contribution in [1.82, 2.24) is 19.8 Å². The monoisotopic (exact) mass is 604 g/mol. The minimum absolute atomic E-state index is 0.0127. The summed E-state index contributed by atoms with van der Waals surface area (Å²) in [4.78, 5) is 24.4. The molecular weight excluding hydrogens is 570 g/mol. The second-order valence-corrected chi connectivity index (χ2v) is 11.6. The number of hydrogen-bond acceptors (Lipinski definition) is 9. The second-order valence-electron chi connectivity index (χ2n) is 11.6. The number of nitrogens with one attached hydrogen (secondary N) is 1.